The highest BCUT2D eigenvalue weighted by molar-refractivity contribution is 7.09. The van der Waals surface area contributed by atoms with Crippen molar-refractivity contribution >= 4 is 22.9 Å². The molecule has 5 heteroatoms. The van der Waals surface area contributed by atoms with Crippen LogP contribution in [0.3, 0.4) is 0 Å². The lowest BCUT2D eigenvalue weighted by molar-refractivity contribution is -0.114. The van der Waals surface area contributed by atoms with Crippen molar-refractivity contribution in [2.75, 3.05) is 5.32 Å². The van der Waals surface area contributed by atoms with E-state index in [1.54, 1.807) is 11.3 Å². The Kier molecular flexibility index (Phi) is 4.52. The monoisotopic (exact) mass is 289 g/mol. The summed E-state index contributed by atoms with van der Waals surface area (Å²) in [6, 6.07) is 7.85. The lowest BCUT2D eigenvalue weighted by atomic mass is 10.1. The fraction of sp³-hybridized carbons (Fsp3) is 0.333. The predicted molar refractivity (Wildman–Crippen MR) is 82.7 cm³/mol. The zero-order valence-electron chi connectivity index (χ0n) is 11.9. The molecule has 1 heterocycles. The molecule has 0 bridgehead atoms. The number of amides is 1. The third kappa shape index (κ3) is 3.88. The largest absolute Gasteiger partial charge is 0.326 e. The lowest BCUT2D eigenvalue weighted by Gasteiger charge is -2.24. The second kappa shape index (κ2) is 6.15. The lowest BCUT2D eigenvalue weighted by Crippen LogP contribution is -2.35. The number of hydrogen-bond acceptors (Lipinski definition) is 4. The molecule has 0 spiro atoms. The Balaban J connectivity index is 2.02. The summed E-state index contributed by atoms with van der Waals surface area (Å²) in [6.07, 6.45) is 1.82. The summed E-state index contributed by atoms with van der Waals surface area (Å²) < 4.78 is 0. The molecule has 0 aliphatic rings. The zero-order chi connectivity index (χ0) is 14.6. The van der Waals surface area contributed by atoms with Gasteiger partial charge in [-0.1, -0.05) is 12.1 Å². The molecular formula is C15H19N3OS. The first-order valence-corrected chi connectivity index (χ1v) is 7.37. The standard InChI is InChI=1S/C15H19N3OS/c1-11(19)18-13-6-4-5-12(9-13)10-17-15(2,3)14-16-7-8-20-14/h4-9,17H,10H2,1-3H3,(H,18,19). The van der Waals surface area contributed by atoms with Gasteiger partial charge in [-0.25, -0.2) is 4.98 Å². The molecule has 2 rings (SSSR count). The van der Waals surface area contributed by atoms with E-state index < -0.39 is 0 Å². The quantitative estimate of drug-likeness (QED) is 0.889. The van der Waals surface area contributed by atoms with E-state index in [-0.39, 0.29) is 11.4 Å². The average molecular weight is 289 g/mol. The van der Waals surface area contributed by atoms with Gasteiger partial charge in [-0.05, 0) is 31.5 Å². The Morgan fingerprint density at radius 2 is 2.20 bits per heavy atom. The summed E-state index contributed by atoms with van der Waals surface area (Å²) in [6.45, 7) is 6.46. The molecule has 0 fully saturated rings. The number of carbonyl (C=O) groups is 1. The molecule has 0 radical (unpaired) electrons. The van der Waals surface area contributed by atoms with Gasteiger partial charge in [0.15, 0.2) is 0 Å². The Hall–Kier alpha value is -1.72. The molecule has 0 aliphatic carbocycles. The average Bonchev–Trinajstić information content (AvgIpc) is 2.91. The van der Waals surface area contributed by atoms with Crippen molar-refractivity contribution in [1.82, 2.24) is 10.3 Å². The first kappa shape index (κ1) is 14.7. The van der Waals surface area contributed by atoms with Gasteiger partial charge < -0.3 is 10.6 Å². The second-order valence-electron chi connectivity index (χ2n) is 5.20. The zero-order valence-corrected chi connectivity index (χ0v) is 12.8. The van der Waals surface area contributed by atoms with Crippen molar-refractivity contribution < 1.29 is 4.79 Å². The van der Waals surface area contributed by atoms with Crippen LogP contribution >= 0.6 is 11.3 Å². The summed E-state index contributed by atoms with van der Waals surface area (Å²) in [5, 5.41) is 9.33. The van der Waals surface area contributed by atoms with Crippen molar-refractivity contribution in [3.63, 3.8) is 0 Å². The predicted octanol–water partition coefficient (Wildman–Crippen LogP) is 3.13. The normalized spacial score (nSPS) is 11.3. The van der Waals surface area contributed by atoms with Gasteiger partial charge in [-0.15, -0.1) is 11.3 Å². The van der Waals surface area contributed by atoms with Crippen LogP contribution < -0.4 is 10.6 Å². The smallest absolute Gasteiger partial charge is 0.221 e. The Labute approximate surface area is 123 Å². The Morgan fingerprint density at radius 3 is 2.85 bits per heavy atom. The molecule has 1 aromatic carbocycles. The highest BCUT2D eigenvalue weighted by atomic mass is 32.1. The molecule has 4 nitrogen and oxygen atoms in total. The fourth-order valence-electron chi connectivity index (χ4n) is 1.89. The maximum atomic E-state index is 11.1. The van der Waals surface area contributed by atoms with Crippen molar-refractivity contribution in [2.24, 2.45) is 0 Å². The van der Waals surface area contributed by atoms with Crippen LogP contribution in [0.15, 0.2) is 35.8 Å². The maximum absolute atomic E-state index is 11.1. The molecule has 0 aliphatic heterocycles. The van der Waals surface area contributed by atoms with Gasteiger partial charge in [0, 0.05) is 30.7 Å². The minimum Gasteiger partial charge on any atom is -0.326 e. The van der Waals surface area contributed by atoms with Crippen molar-refractivity contribution in [2.45, 2.75) is 32.9 Å². The Bertz CT molecular complexity index is 579. The van der Waals surface area contributed by atoms with Crippen molar-refractivity contribution in [1.29, 1.82) is 0 Å². The van der Waals surface area contributed by atoms with Crippen LogP contribution in [-0.2, 0) is 16.9 Å². The molecule has 0 unspecified atom stereocenters. The van der Waals surface area contributed by atoms with E-state index in [1.165, 1.54) is 6.92 Å². The minimum absolute atomic E-state index is 0.0572. The van der Waals surface area contributed by atoms with Gasteiger partial charge in [0.05, 0.1) is 5.54 Å². The van der Waals surface area contributed by atoms with E-state index in [0.717, 1.165) is 22.8 Å². The molecule has 106 valence electrons. The summed E-state index contributed by atoms with van der Waals surface area (Å²) >= 11 is 1.65. The van der Waals surface area contributed by atoms with E-state index in [4.69, 9.17) is 0 Å². The van der Waals surface area contributed by atoms with Crippen molar-refractivity contribution in [3.05, 3.63) is 46.4 Å². The first-order chi connectivity index (χ1) is 9.47. The van der Waals surface area contributed by atoms with Gasteiger partial charge in [-0.2, -0.15) is 0 Å². The van der Waals surface area contributed by atoms with Gasteiger partial charge in [0.1, 0.15) is 5.01 Å². The fourth-order valence-corrected chi connectivity index (χ4v) is 2.63. The van der Waals surface area contributed by atoms with E-state index in [2.05, 4.69) is 29.5 Å². The van der Waals surface area contributed by atoms with E-state index >= 15 is 0 Å². The van der Waals surface area contributed by atoms with Crippen LogP contribution in [0.2, 0.25) is 0 Å². The number of anilines is 1. The number of rotatable bonds is 5. The Morgan fingerprint density at radius 1 is 1.40 bits per heavy atom. The highest BCUT2D eigenvalue weighted by Crippen LogP contribution is 2.22. The third-order valence-corrected chi connectivity index (χ3v) is 4.05. The molecule has 0 atom stereocenters. The number of aromatic nitrogens is 1. The van der Waals surface area contributed by atoms with Gasteiger partial charge >= 0.3 is 0 Å². The van der Waals surface area contributed by atoms with Crippen LogP contribution in [0.1, 0.15) is 31.3 Å². The third-order valence-electron chi connectivity index (χ3n) is 2.95. The molecule has 20 heavy (non-hydrogen) atoms. The molecule has 2 aromatic rings. The SMILES string of the molecule is CC(=O)Nc1cccc(CNC(C)(C)c2nccs2)c1. The van der Waals surface area contributed by atoms with Crippen LogP contribution in [0.25, 0.3) is 0 Å². The van der Waals surface area contributed by atoms with Crippen LogP contribution in [-0.4, -0.2) is 10.9 Å². The van der Waals surface area contributed by atoms with Gasteiger partial charge in [0.25, 0.3) is 0 Å². The first-order valence-electron chi connectivity index (χ1n) is 6.49. The molecule has 1 amide bonds. The van der Waals surface area contributed by atoms with E-state index in [0.29, 0.717) is 0 Å². The molecular weight excluding hydrogens is 270 g/mol. The number of benzene rings is 1. The van der Waals surface area contributed by atoms with Gasteiger partial charge in [-0.3, -0.25) is 4.79 Å². The number of nitrogens with zero attached hydrogens (tertiary/aromatic N) is 1. The number of thiazole rings is 1. The minimum atomic E-state index is -0.168. The number of nitrogens with one attached hydrogen (secondary N) is 2. The van der Waals surface area contributed by atoms with Gasteiger partial charge in [0.2, 0.25) is 5.91 Å². The van der Waals surface area contributed by atoms with Crippen LogP contribution in [0, 0.1) is 0 Å². The van der Waals surface area contributed by atoms with Crippen LogP contribution in [0.5, 0.6) is 0 Å². The summed E-state index contributed by atoms with van der Waals surface area (Å²) in [5.41, 5.74) is 1.78. The van der Waals surface area contributed by atoms with Crippen LogP contribution in [0.4, 0.5) is 5.69 Å². The molecule has 1 aromatic heterocycles. The number of hydrogen-bond donors (Lipinski definition) is 2. The van der Waals surface area contributed by atoms with E-state index in [9.17, 15) is 4.79 Å². The molecule has 0 saturated carbocycles. The second-order valence-corrected chi connectivity index (χ2v) is 6.09. The summed E-state index contributed by atoms with van der Waals surface area (Å²) in [5.74, 6) is -0.0572. The molecule has 0 saturated heterocycles. The summed E-state index contributed by atoms with van der Waals surface area (Å²) in [7, 11) is 0. The van der Waals surface area contributed by atoms with E-state index in [1.807, 2.05) is 35.8 Å². The maximum Gasteiger partial charge on any atom is 0.221 e. The topological polar surface area (TPSA) is 54.0 Å². The van der Waals surface area contributed by atoms with Crippen molar-refractivity contribution in [3.8, 4) is 0 Å². The number of carbonyl (C=O) groups excluding carboxylic acids is 1. The highest BCUT2D eigenvalue weighted by Gasteiger charge is 2.22. The summed E-state index contributed by atoms with van der Waals surface area (Å²) in [4.78, 5) is 15.4. The molecule has 2 N–H and O–H groups in total.